The minimum Gasteiger partial charge on any atom is -0.756 e. The molecule has 0 radical (unpaired) electrons. The number of rotatable bonds is 43. The number of carbonyl (C=O) groups is 1. The van der Waals surface area contributed by atoms with Crippen LogP contribution in [0.25, 0.3) is 0 Å². The van der Waals surface area contributed by atoms with E-state index in [1.807, 2.05) is 27.2 Å². The molecule has 0 aromatic heterocycles. The molecule has 0 spiro atoms. The van der Waals surface area contributed by atoms with Crippen LogP contribution < -0.4 is 10.2 Å². The Balaban J connectivity index is 4.17. The van der Waals surface area contributed by atoms with E-state index in [1.54, 1.807) is 6.08 Å². The van der Waals surface area contributed by atoms with Gasteiger partial charge in [0.15, 0.2) is 0 Å². The number of unbranched alkanes of at least 4 members (excludes halogenated alkanes) is 4. The summed E-state index contributed by atoms with van der Waals surface area (Å²) in [6, 6.07) is -0.936. The van der Waals surface area contributed by atoms with Gasteiger partial charge in [-0.2, -0.15) is 0 Å². The lowest BCUT2D eigenvalue weighted by molar-refractivity contribution is -0.870. The van der Waals surface area contributed by atoms with E-state index in [4.69, 9.17) is 9.05 Å². The minimum atomic E-state index is -4.61. The first-order valence-corrected chi connectivity index (χ1v) is 27.0. The summed E-state index contributed by atoms with van der Waals surface area (Å²) < 4.78 is 23.0. The molecule has 0 aromatic carbocycles. The standard InChI is InChI=1S/C59H93N2O6P/c1-6-8-10-12-14-15-16-17-18-19-20-21-22-23-24-25-26-27-28-29-30-31-32-33-34-35-36-37-38-39-40-41-42-43-44-45-47-49-51-53-59(63)60-57(58(62)52-50-48-46-13-11-9-7-2)56-67-68(64,65)66-55-54-61(3,4)5/h8,10-11,13-15,17-18,20-21,23-24,26-27,29-30,32-33,35-36,38-39,41-42,44-45,50,52,57-58,62H,6-7,9,12,16,19,22,25,28,31,34,37,40,43,46-49,51,53-56H2,1-5H3,(H-,60,63,64,65)/b10-8-,13-11+,15-14-,18-17-,21-20-,24-23-,27-26-,30-29-,33-32-,36-35-,39-38-,42-41-,45-44-,52-50+. The van der Waals surface area contributed by atoms with Gasteiger partial charge in [0, 0.05) is 6.42 Å². The van der Waals surface area contributed by atoms with Crippen LogP contribution in [0.5, 0.6) is 0 Å². The average Bonchev–Trinajstić information content (AvgIpc) is 3.30. The van der Waals surface area contributed by atoms with Crippen LogP contribution in [0.3, 0.4) is 0 Å². The Morgan fingerprint density at radius 3 is 1.29 bits per heavy atom. The fraction of sp³-hybridized carbons (Fsp3) is 0.508. The Bertz CT molecular complexity index is 1700. The van der Waals surface area contributed by atoms with Crippen molar-refractivity contribution in [2.75, 3.05) is 40.9 Å². The predicted octanol–water partition coefficient (Wildman–Crippen LogP) is 14.7. The SMILES string of the molecule is CC/C=C\C/C=C\C/C=C\C/C=C\C/C=C\C/C=C\C/C=C\C/C=C\C/C=C\C/C=C\C/C=C\C/C=C\CCCCC(=O)NC(COP(=O)([O-])OCC[N+](C)(C)C)C(O)/C=C/CC/C=C/CCC. The summed E-state index contributed by atoms with van der Waals surface area (Å²) in [5.41, 5.74) is 0. The van der Waals surface area contributed by atoms with Crippen LogP contribution >= 0.6 is 7.82 Å². The molecule has 0 aromatic rings. The molecule has 380 valence electrons. The van der Waals surface area contributed by atoms with Crippen LogP contribution in [-0.4, -0.2) is 68.5 Å². The molecule has 0 aliphatic rings. The molecule has 1 amide bonds. The molecule has 0 aliphatic carbocycles. The van der Waals surface area contributed by atoms with E-state index in [9.17, 15) is 19.4 Å². The Morgan fingerprint density at radius 2 is 0.897 bits per heavy atom. The first kappa shape index (κ1) is 63.9. The van der Waals surface area contributed by atoms with Crippen molar-refractivity contribution in [3.63, 3.8) is 0 Å². The molecule has 2 N–H and O–H groups in total. The normalized spacial score (nSPS) is 15.5. The van der Waals surface area contributed by atoms with Gasteiger partial charge in [-0.05, 0) is 116 Å². The summed E-state index contributed by atoms with van der Waals surface area (Å²) in [7, 11) is 1.18. The molecule has 8 nitrogen and oxygen atoms in total. The summed E-state index contributed by atoms with van der Waals surface area (Å²) in [5.74, 6) is -0.264. The molecule has 68 heavy (non-hydrogen) atoms. The second kappa shape index (κ2) is 47.9. The van der Waals surface area contributed by atoms with E-state index < -0.39 is 26.6 Å². The van der Waals surface area contributed by atoms with Crippen LogP contribution in [0.1, 0.15) is 142 Å². The Kier molecular flexibility index (Phi) is 45.0. The van der Waals surface area contributed by atoms with Crippen molar-refractivity contribution in [3.05, 3.63) is 170 Å². The number of nitrogens with zero attached hydrogens (tertiary/aromatic N) is 1. The predicted molar refractivity (Wildman–Crippen MR) is 292 cm³/mol. The van der Waals surface area contributed by atoms with Gasteiger partial charge in [0.2, 0.25) is 5.91 Å². The van der Waals surface area contributed by atoms with Gasteiger partial charge in [0.05, 0.1) is 39.9 Å². The van der Waals surface area contributed by atoms with Crippen LogP contribution in [0.4, 0.5) is 0 Å². The summed E-state index contributed by atoms with van der Waals surface area (Å²) in [4.78, 5) is 25.2. The van der Waals surface area contributed by atoms with E-state index in [1.165, 1.54) is 0 Å². The number of phosphoric ester groups is 1. The monoisotopic (exact) mass is 957 g/mol. The Morgan fingerprint density at radius 1 is 0.529 bits per heavy atom. The molecule has 0 aliphatic heterocycles. The molecule has 0 saturated heterocycles. The average molecular weight is 957 g/mol. The number of nitrogens with one attached hydrogen (secondary N) is 1. The summed E-state index contributed by atoms with van der Waals surface area (Å²) >= 11 is 0. The van der Waals surface area contributed by atoms with Gasteiger partial charge < -0.3 is 28.8 Å². The molecule has 3 unspecified atom stereocenters. The van der Waals surface area contributed by atoms with Gasteiger partial charge in [0.25, 0.3) is 7.82 Å². The number of carbonyl (C=O) groups excluding carboxylic acids is 1. The molecule has 0 rings (SSSR count). The molecule has 0 saturated carbocycles. The van der Waals surface area contributed by atoms with Crippen LogP contribution in [0, 0.1) is 0 Å². The van der Waals surface area contributed by atoms with E-state index >= 15 is 0 Å². The van der Waals surface area contributed by atoms with Gasteiger partial charge in [-0.15, -0.1) is 0 Å². The van der Waals surface area contributed by atoms with Crippen molar-refractivity contribution >= 4 is 13.7 Å². The van der Waals surface area contributed by atoms with Gasteiger partial charge in [-0.1, -0.05) is 190 Å². The maximum absolute atomic E-state index is 12.8. The van der Waals surface area contributed by atoms with Gasteiger partial charge in [-0.25, -0.2) is 0 Å². The fourth-order valence-electron chi connectivity index (χ4n) is 5.92. The van der Waals surface area contributed by atoms with Crippen molar-refractivity contribution in [2.24, 2.45) is 0 Å². The molecule has 0 bridgehead atoms. The smallest absolute Gasteiger partial charge is 0.268 e. The molecular formula is C59H93N2O6P. The van der Waals surface area contributed by atoms with E-state index in [2.05, 4.69) is 177 Å². The zero-order valence-corrected chi connectivity index (χ0v) is 43.9. The largest absolute Gasteiger partial charge is 0.756 e. The van der Waals surface area contributed by atoms with Crippen LogP contribution in [0.15, 0.2) is 170 Å². The van der Waals surface area contributed by atoms with Crippen molar-refractivity contribution in [3.8, 4) is 0 Å². The Labute approximate surface area is 415 Å². The molecule has 3 atom stereocenters. The quantitative estimate of drug-likeness (QED) is 0.0273. The zero-order valence-electron chi connectivity index (χ0n) is 43.0. The van der Waals surface area contributed by atoms with Crippen molar-refractivity contribution < 1.29 is 32.9 Å². The Hall–Kier alpha value is -4.14. The minimum absolute atomic E-state index is 0.0256. The number of amides is 1. The van der Waals surface area contributed by atoms with Crippen molar-refractivity contribution in [1.29, 1.82) is 0 Å². The lowest BCUT2D eigenvalue weighted by Crippen LogP contribution is -2.45. The lowest BCUT2D eigenvalue weighted by Gasteiger charge is -2.29. The topological polar surface area (TPSA) is 108 Å². The lowest BCUT2D eigenvalue weighted by atomic mass is 10.1. The third-order valence-electron chi connectivity index (χ3n) is 9.89. The second-order valence-electron chi connectivity index (χ2n) is 17.4. The first-order valence-electron chi connectivity index (χ1n) is 25.5. The third-order valence-corrected chi connectivity index (χ3v) is 10.9. The van der Waals surface area contributed by atoms with Crippen LogP contribution in [-0.2, 0) is 18.4 Å². The summed E-state index contributed by atoms with van der Waals surface area (Å²) in [5, 5.41) is 13.6. The van der Waals surface area contributed by atoms with E-state index in [-0.39, 0.29) is 18.9 Å². The molecular weight excluding hydrogens is 864 g/mol. The molecule has 9 heteroatoms. The maximum Gasteiger partial charge on any atom is 0.268 e. The van der Waals surface area contributed by atoms with Crippen molar-refractivity contribution in [2.45, 2.75) is 154 Å². The highest BCUT2D eigenvalue weighted by molar-refractivity contribution is 7.45. The highest BCUT2D eigenvalue weighted by atomic mass is 31.2. The first-order chi connectivity index (χ1) is 33.0. The summed E-state index contributed by atoms with van der Waals surface area (Å²) in [6.45, 7) is 4.31. The number of hydrogen-bond donors (Lipinski definition) is 2. The maximum atomic E-state index is 12.8. The highest BCUT2D eigenvalue weighted by Crippen LogP contribution is 2.38. The fourth-order valence-corrected chi connectivity index (χ4v) is 6.64. The third kappa shape index (κ3) is 49.8. The number of allylic oxidation sites excluding steroid dienone is 27. The number of quaternary nitrogens is 1. The number of phosphoric acid groups is 1. The number of likely N-dealkylation sites (N-methyl/N-ethyl adjacent to an activating group) is 1. The van der Waals surface area contributed by atoms with Gasteiger partial charge in [-0.3, -0.25) is 9.36 Å². The van der Waals surface area contributed by atoms with Crippen LogP contribution in [0.2, 0.25) is 0 Å². The zero-order chi connectivity index (χ0) is 49.9. The number of aliphatic hydroxyl groups is 1. The second-order valence-corrected chi connectivity index (χ2v) is 18.8. The van der Waals surface area contributed by atoms with E-state index in [0.717, 1.165) is 116 Å². The molecule has 0 heterocycles. The number of hydrogen-bond acceptors (Lipinski definition) is 6. The molecule has 0 fully saturated rings. The summed E-state index contributed by atoms with van der Waals surface area (Å²) in [6.07, 6.45) is 77.5. The highest BCUT2D eigenvalue weighted by Gasteiger charge is 2.23. The van der Waals surface area contributed by atoms with Gasteiger partial charge in [0.1, 0.15) is 13.2 Å². The van der Waals surface area contributed by atoms with Gasteiger partial charge >= 0.3 is 0 Å². The number of aliphatic hydroxyl groups excluding tert-OH is 1. The van der Waals surface area contributed by atoms with Crippen molar-refractivity contribution in [1.82, 2.24) is 5.32 Å². The van der Waals surface area contributed by atoms with E-state index in [0.29, 0.717) is 17.4 Å².